The first kappa shape index (κ1) is 17.7. The molecule has 0 aromatic carbocycles. The number of likely N-dealkylation sites (tertiary alicyclic amines) is 1. The average molecular weight is 351 g/mol. The summed E-state index contributed by atoms with van der Waals surface area (Å²) < 4.78 is 15.9. The lowest BCUT2D eigenvalue weighted by molar-refractivity contribution is -0.157. The Balaban J connectivity index is 1.60. The van der Waals surface area contributed by atoms with Crippen LogP contribution in [-0.2, 0) is 19.9 Å². The van der Waals surface area contributed by atoms with Gasteiger partial charge >= 0.3 is 12.1 Å². The number of ether oxygens (including phenoxy) is 2. The van der Waals surface area contributed by atoms with Crippen LogP contribution in [0.3, 0.4) is 0 Å². The zero-order valence-electron chi connectivity index (χ0n) is 15.5. The third kappa shape index (κ3) is 3.62. The van der Waals surface area contributed by atoms with Crippen molar-refractivity contribution >= 4 is 12.1 Å². The molecule has 1 aromatic heterocycles. The lowest BCUT2D eigenvalue weighted by atomic mass is 10.1. The summed E-state index contributed by atoms with van der Waals surface area (Å²) in [5.74, 6) is 1.34. The van der Waals surface area contributed by atoms with Crippen molar-refractivity contribution in [3.63, 3.8) is 0 Å². The molecule has 1 saturated carbocycles. The van der Waals surface area contributed by atoms with E-state index in [4.69, 9.17) is 14.0 Å². The number of rotatable bonds is 3. The number of nitrogens with zero attached hydrogens (tertiary/aromatic N) is 3. The Bertz CT molecular complexity index is 679. The van der Waals surface area contributed by atoms with Crippen LogP contribution in [0.5, 0.6) is 0 Å². The van der Waals surface area contributed by atoms with E-state index in [1.807, 2.05) is 20.8 Å². The molecule has 0 spiro atoms. The molecule has 0 bridgehead atoms. The summed E-state index contributed by atoms with van der Waals surface area (Å²) in [7, 11) is 0. The van der Waals surface area contributed by atoms with Gasteiger partial charge < -0.3 is 18.9 Å². The second kappa shape index (κ2) is 5.71. The van der Waals surface area contributed by atoms with Crippen LogP contribution in [0.15, 0.2) is 4.52 Å². The minimum atomic E-state index is -0.955. The molecule has 1 aliphatic carbocycles. The van der Waals surface area contributed by atoms with Gasteiger partial charge in [0.05, 0.1) is 0 Å². The number of carbonyl (C=O) groups excluding carboxylic acids is 2. The van der Waals surface area contributed by atoms with Gasteiger partial charge in [0, 0.05) is 25.9 Å². The molecule has 2 fully saturated rings. The molecule has 25 heavy (non-hydrogen) atoms. The largest absolute Gasteiger partial charge is 0.450 e. The number of carbonyl (C=O) groups is 2. The van der Waals surface area contributed by atoms with Crippen LogP contribution in [0.2, 0.25) is 0 Å². The maximum Gasteiger partial charge on any atom is 0.410 e. The molecule has 8 nitrogen and oxygen atoms in total. The van der Waals surface area contributed by atoms with Gasteiger partial charge in [0.15, 0.2) is 11.4 Å². The van der Waals surface area contributed by atoms with Crippen molar-refractivity contribution in [3.8, 4) is 0 Å². The van der Waals surface area contributed by atoms with Crippen LogP contribution in [0.25, 0.3) is 0 Å². The smallest absolute Gasteiger partial charge is 0.410 e. The molecule has 1 aliphatic heterocycles. The highest BCUT2D eigenvalue weighted by Crippen LogP contribution is 2.57. The molecule has 2 unspecified atom stereocenters. The van der Waals surface area contributed by atoms with E-state index in [2.05, 4.69) is 10.1 Å². The summed E-state index contributed by atoms with van der Waals surface area (Å²) >= 11 is 0. The fourth-order valence-electron chi connectivity index (χ4n) is 3.40. The Kier molecular flexibility index (Phi) is 4.04. The van der Waals surface area contributed by atoms with E-state index in [-0.39, 0.29) is 17.9 Å². The molecule has 1 saturated heterocycles. The van der Waals surface area contributed by atoms with Crippen molar-refractivity contribution in [1.29, 1.82) is 0 Å². The van der Waals surface area contributed by atoms with Crippen LogP contribution in [0.4, 0.5) is 4.79 Å². The first-order chi connectivity index (χ1) is 11.5. The zero-order chi connectivity index (χ0) is 18.6. The van der Waals surface area contributed by atoms with Gasteiger partial charge in [-0.3, -0.25) is 4.79 Å². The Hall–Kier alpha value is -2.12. The highest BCUT2D eigenvalue weighted by molar-refractivity contribution is 5.69. The highest BCUT2D eigenvalue weighted by Gasteiger charge is 2.60. The maximum atomic E-state index is 12.1. The summed E-state index contributed by atoms with van der Waals surface area (Å²) in [4.78, 5) is 29.5. The number of amides is 1. The van der Waals surface area contributed by atoms with Gasteiger partial charge in [-0.25, -0.2) is 4.79 Å². The van der Waals surface area contributed by atoms with E-state index in [1.54, 1.807) is 18.7 Å². The minimum absolute atomic E-state index is 0.185. The average Bonchev–Trinajstić information content (AvgIpc) is 2.86. The molecule has 138 valence electrons. The van der Waals surface area contributed by atoms with Gasteiger partial charge in [0.1, 0.15) is 5.60 Å². The van der Waals surface area contributed by atoms with Crippen molar-refractivity contribution in [3.05, 3.63) is 11.7 Å². The number of piperidine rings is 1. The lowest BCUT2D eigenvalue weighted by Gasteiger charge is -2.25. The zero-order valence-corrected chi connectivity index (χ0v) is 15.5. The van der Waals surface area contributed by atoms with E-state index >= 15 is 0 Å². The first-order valence-electron chi connectivity index (χ1n) is 8.49. The number of hydrogen-bond acceptors (Lipinski definition) is 7. The topological polar surface area (TPSA) is 94.8 Å². The molecule has 1 amide bonds. The molecular formula is C17H25N3O5. The number of aromatic nitrogens is 2. The Morgan fingerprint density at radius 1 is 1.12 bits per heavy atom. The molecule has 3 atom stereocenters. The van der Waals surface area contributed by atoms with E-state index in [0.29, 0.717) is 30.7 Å². The van der Waals surface area contributed by atoms with Gasteiger partial charge in [0.25, 0.3) is 5.89 Å². The number of hydrogen-bond donors (Lipinski definition) is 0. The molecule has 0 N–H and O–H groups in total. The van der Waals surface area contributed by atoms with Gasteiger partial charge in [-0.2, -0.15) is 4.98 Å². The van der Waals surface area contributed by atoms with E-state index in [0.717, 1.165) is 0 Å². The summed E-state index contributed by atoms with van der Waals surface area (Å²) in [6, 6.07) is 0. The normalized spacial score (nSPS) is 25.5. The molecule has 8 heteroatoms. The van der Waals surface area contributed by atoms with Gasteiger partial charge in [-0.05, 0) is 46.5 Å². The summed E-state index contributed by atoms with van der Waals surface area (Å²) in [5, 5.41) is 4.05. The third-order valence-electron chi connectivity index (χ3n) is 4.50. The summed E-state index contributed by atoms with van der Waals surface area (Å²) in [6.07, 6.45) is -0.275. The van der Waals surface area contributed by atoms with Crippen molar-refractivity contribution in [2.75, 3.05) is 13.1 Å². The van der Waals surface area contributed by atoms with E-state index in [1.165, 1.54) is 6.92 Å². The first-order valence-corrected chi connectivity index (χ1v) is 8.49. The van der Waals surface area contributed by atoms with Crippen molar-refractivity contribution in [2.45, 2.75) is 58.7 Å². The predicted octanol–water partition coefficient (Wildman–Crippen LogP) is 2.45. The molecular weight excluding hydrogens is 326 g/mol. The van der Waals surface area contributed by atoms with Gasteiger partial charge in [-0.1, -0.05) is 5.16 Å². The summed E-state index contributed by atoms with van der Waals surface area (Å²) in [6.45, 7) is 11.6. The third-order valence-corrected chi connectivity index (χ3v) is 4.50. The van der Waals surface area contributed by atoms with Crippen molar-refractivity contribution < 1.29 is 23.6 Å². The van der Waals surface area contributed by atoms with Crippen molar-refractivity contribution in [2.24, 2.45) is 11.8 Å². The monoisotopic (exact) mass is 351 g/mol. The molecule has 1 aromatic rings. The van der Waals surface area contributed by atoms with Crippen LogP contribution >= 0.6 is 0 Å². The molecule has 2 aliphatic rings. The predicted molar refractivity (Wildman–Crippen MR) is 86.6 cm³/mol. The van der Waals surface area contributed by atoms with Crippen LogP contribution < -0.4 is 0 Å². The van der Waals surface area contributed by atoms with Gasteiger partial charge in [0.2, 0.25) is 0 Å². The van der Waals surface area contributed by atoms with Crippen LogP contribution in [0.1, 0.15) is 59.2 Å². The van der Waals surface area contributed by atoms with Crippen molar-refractivity contribution in [1.82, 2.24) is 15.0 Å². The number of fused-ring (bicyclic) bond motifs is 1. The highest BCUT2D eigenvalue weighted by atomic mass is 16.6. The van der Waals surface area contributed by atoms with E-state index in [9.17, 15) is 9.59 Å². The molecule has 3 rings (SSSR count). The SMILES string of the molecule is CC(=O)OC(C)(C)c1nc(C2C3CN(C(=O)OC(C)(C)C)C[C@@H]32)no1. The second-order valence-corrected chi connectivity index (χ2v) is 8.30. The number of esters is 1. The standard InChI is InChI=1S/C17H25N3O5/c1-9(21)23-17(5,6)14-18-13(19-25-14)12-10-7-20(8-11(10)12)15(22)24-16(2,3)4/h10-12H,7-8H2,1-6H3/t10-,11?,12?/m0/s1. The Morgan fingerprint density at radius 2 is 1.72 bits per heavy atom. The Labute approximate surface area is 146 Å². The van der Waals surface area contributed by atoms with E-state index < -0.39 is 17.2 Å². The quantitative estimate of drug-likeness (QED) is 0.772. The lowest BCUT2D eigenvalue weighted by Crippen LogP contribution is -2.36. The molecule has 0 radical (unpaired) electrons. The second-order valence-electron chi connectivity index (χ2n) is 8.30. The fraction of sp³-hybridized carbons (Fsp3) is 0.765. The summed E-state index contributed by atoms with van der Waals surface area (Å²) in [5.41, 5.74) is -1.45. The van der Waals surface area contributed by atoms with Crippen LogP contribution in [-0.4, -0.2) is 45.8 Å². The fourth-order valence-corrected chi connectivity index (χ4v) is 3.40. The molecule has 2 heterocycles. The minimum Gasteiger partial charge on any atom is -0.450 e. The van der Waals surface area contributed by atoms with Gasteiger partial charge in [-0.15, -0.1) is 0 Å². The Morgan fingerprint density at radius 3 is 2.24 bits per heavy atom. The van der Waals surface area contributed by atoms with Crippen LogP contribution in [0, 0.1) is 11.8 Å². The maximum absolute atomic E-state index is 12.1.